The van der Waals surface area contributed by atoms with Crippen molar-refractivity contribution >= 4 is 17.9 Å². The molecule has 1 aliphatic carbocycles. The first-order chi connectivity index (χ1) is 10.7. The molecule has 0 radical (unpaired) electrons. The molecule has 0 saturated heterocycles. The molecule has 1 aromatic rings. The second kappa shape index (κ2) is 6.30. The van der Waals surface area contributed by atoms with Crippen molar-refractivity contribution < 1.29 is 18.7 Å². The molecule has 1 aromatic carbocycles. The quantitative estimate of drug-likeness (QED) is 0.631. The van der Waals surface area contributed by atoms with Crippen LogP contribution in [0, 0.1) is 11.7 Å². The molecule has 1 heterocycles. The number of hydrogen-bond acceptors (Lipinski definition) is 4. The van der Waals surface area contributed by atoms with Crippen molar-refractivity contribution in [2.45, 2.75) is 32.1 Å². The van der Waals surface area contributed by atoms with Gasteiger partial charge in [0.25, 0.3) is 0 Å². The van der Waals surface area contributed by atoms with Crippen LogP contribution >= 0.6 is 0 Å². The first kappa shape index (κ1) is 14.8. The Labute approximate surface area is 128 Å². The van der Waals surface area contributed by atoms with E-state index in [1.165, 1.54) is 37.8 Å². The summed E-state index contributed by atoms with van der Waals surface area (Å²) in [6.45, 7) is 0. The van der Waals surface area contributed by atoms with Crippen LogP contribution in [0.1, 0.15) is 37.7 Å². The molecule has 116 valence electrons. The summed E-state index contributed by atoms with van der Waals surface area (Å²) in [6, 6.07) is 4.14. The monoisotopic (exact) mass is 303 g/mol. The van der Waals surface area contributed by atoms with E-state index in [9.17, 15) is 9.18 Å². The number of carbonyl (C=O) groups is 1. The molecule has 0 unspecified atom stereocenters. The zero-order valence-electron chi connectivity index (χ0n) is 12.5. The predicted octanol–water partition coefficient (Wildman–Crippen LogP) is 3.71. The van der Waals surface area contributed by atoms with E-state index in [2.05, 4.69) is 4.99 Å². The van der Waals surface area contributed by atoms with Crippen LogP contribution in [0.5, 0.6) is 5.75 Å². The fourth-order valence-electron chi connectivity index (χ4n) is 2.92. The third-order valence-corrected chi connectivity index (χ3v) is 4.08. The molecule has 5 heteroatoms. The molecule has 0 atom stereocenters. The summed E-state index contributed by atoms with van der Waals surface area (Å²) < 4.78 is 23.9. The number of hydrogen-bond donors (Lipinski definition) is 0. The third-order valence-electron chi connectivity index (χ3n) is 4.08. The Balaban J connectivity index is 1.89. The fourth-order valence-corrected chi connectivity index (χ4v) is 2.92. The van der Waals surface area contributed by atoms with E-state index in [1.807, 2.05) is 0 Å². The van der Waals surface area contributed by atoms with Gasteiger partial charge in [0.15, 0.2) is 5.70 Å². The maximum Gasteiger partial charge on any atom is 0.363 e. The van der Waals surface area contributed by atoms with E-state index in [0.29, 0.717) is 17.2 Å². The van der Waals surface area contributed by atoms with Crippen molar-refractivity contribution in [2.75, 3.05) is 7.11 Å². The Hall–Kier alpha value is -2.17. The Morgan fingerprint density at radius 3 is 2.82 bits per heavy atom. The number of rotatable bonds is 3. The van der Waals surface area contributed by atoms with Gasteiger partial charge in [-0.25, -0.2) is 14.2 Å². The van der Waals surface area contributed by atoms with Crippen LogP contribution in [-0.4, -0.2) is 19.0 Å². The highest BCUT2D eigenvalue weighted by Gasteiger charge is 2.30. The normalized spacial score (nSPS) is 20.9. The SMILES string of the molecule is COc1ccc(F)cc1/C=C1/N=C(C2CCCCC2)OC1=O. The molecule has 22 heavy (non-hydrogen) atoms. The van der Waals surface area contributed by atoms with Gasteiger partial charge in [0.05, 0.1) is 7.11 Å². The van der Waals surface area contributed by atoms with Gasteiger partial charge in [-0.05, 0) is 37.1 Å². The summed E-state index contributed by atoms with van der Waals surface area (Å²) in [5.41, 5.74) is 0.674. The van der Waals surface area contributed by atoms with Gasteiger partial charge in [0.2, 0.25) is 5.90 Å². The Morgan fingerprint density at radius 2 is 2.09 bits per heavy atom. The predicted molar refractivity (Wildman–Crippen MR) is 81.0 cm³/mol. The topological polar surface area (TPSA) is 47.9 Å². The maximum absolute atomic E-state index is 13.4. The van der Waals surface area contributed by atoms with Gasteiger partial charge >= 0.3 is 5.97 Å². The van der Waals surface area contributed by atoms with Gasteiger partial charge in [-0.1, -0.05) is 19.3 Å². The third kappa shape index (κ3) is 3.03. The second-order valence-electron chi connectivity index (χ2n) is 5.59. The molecule has 0 bridgehead atoms. The van der Waals surface area contributed by atoms with E-state index in [-0.39, 0.29) is 11.6 Å². The van der Waals surface area contributed by atoms with E-state index < -0.39 is 11.8 Å². The van der Waals surface area contributed by atoms with Crippen LogP contribution in [0.25, 0.3) is 6.08 Å². The summed E-state index contributed by atoms with van der Waals surface area (Å²) in [5, 5.41) is 0. The summed E-state index contributed by atoms with van der Waals surface area (Å²) >= 11 is 0. The number of carbonyl (C=O) groups excluding carboxylic acids is 1. The minimum atomic E-state index is -0.480. The van der Waals surface area contributed by atoms with Gasteiger partial charge in [0, 0.05) is 11.5 Å². The number of ether oxygens (including phenoxy) is 2. The highest BCUT2D eigenvalue weighted by atomic mass is 19.1. The van der Waals surface area contributed by atoms with Crippen LogP contribution in [0.2, 0.25) is 0 Å². The highest BCUT2D eigenvalue weighted by molar-refractivity contribution is 6.08. The van der Waals surface area contributed by atoms with Gasteiger partial charge in [-0.3, -0.25) is 0 Å². The Bertz CT molecular complexity index is 645. The van der Waals surface area contributed by atoms with Crippen LogP contribution in [0.4, 0.5) is 4.39 Å². The van der Waals surface area contributed by atoms with Crippen LogP contribution in [0.3, 0.4) is 0 Å². The lowest BCUT2D eigenvalue weighted by Gasteiger charge is -2.19. The number of methoxy groups -OCH3 is 1. The fraction of sp³-hybridized carbons (Fsp3) is 0.412. The lowest BCUT2D eigenvalue weighted by molar-refractivity contribution is -0.130. The molecule has 1 fully saturated rings. The molecule has 4 nitrogen and oxygen atoms in total. The zero-order chi connectivity index (χ0) is 15.5. The molecule has 1 saturated carbocycles. The average molecular weight is 303 g/mol. The van der Waals surface area contributed by atoms with Gasteiger partial charge in [-0.15, -0.1) is 0 Å². The maximum atomic E-state index is 13.4. The molecule has 0 aromatic heterocycles. The molecule has 0 N–H and O–H groups in total. The van der Waals surface area contributed by atoms with Gasteiger partial charge in [-0.2, -0.15) is 0 Å². The number of esters is 1. The van der Waals surface area contributed by atoms with Crippen molar-refractivity contribution in [3.05, 3.63) is 35.3 Å². The van der Waals surface area contributed by atoms with Crippen LogP contribution in [-0.2, 0) is 9.53 Å². The van der Waals surface area contributed by atoms with Crippen LogP contribution < -0.4 is 4.74 Å². The minimum absolute atomic E-state index is 0.199. The highest BCUT2D eigenvalue weighted by Crippen LogP contribution is 2.30. The number of cyclic esters (lactones) is 1. The molecule has 0 spiro atoms. The molecule has 3 rings (SSSR count). The van der Waals surface area contributed by atoms with E-state index in [4.69, 9.17) is 9.47 Å². The van der Waals surface area contributed by atoms with E-state index >= 15 is 0 Å². The van der Waals surface area contributed by atoms with Gasteiger partial charge in [0.1, 0.15) is 11.6 Å². The number of nitrogens with zero attached hydrogens (tertiary/aromatic N) is 1. The standard InChI is InChI=1S/C17H18FNO3/c1-21-15-8-7-13(18)9-12(15)10-14-17(20)22-16(19-14)11-5-3-2-4-6-11/h7-11H,2-6H2,1H3/b14-10+. The van der Waals surface area contributed by atoms with Crippen molar-refractivity contribution in [2.24, 2.45) is 10.9 Å². The Morgan fingerprint density at radius 1 is 1.32 bits per heavy atom. The summed E-state index contributed by atoms with van der Waals surface area (Å²) in [5.74, 6) is 0.342. The zero-order valence-corrected chi connectivity index (χ0v) is 12.5. The van der Waals surface area contributed by atoms with Crippen molar-refractivity contribution in [1.29, 1.82) is 0 Å². The molecule has 1 aliphatic heterocycles. The smallest absolute Gasteiger partial charge is 0.363 e. The minimum Gasteiger partial charge on any atom is -0.496 e. The summed E-state index contributed by atoms with van der Waals surface area (Å²) in [6.07, 6.45) is 7.02. The van der Waals surface area contributed by atoms with Crippen molar-refractivity contribution in [1.82, 2.24) is 0 Å². The molecule has 0 amide bonds. The van der Waals surface area contributed by atoms with Crippen LogP contribution in [0.15, 0.2) is 28.9 Å². The van der Waals surface area contributed by atoms with E-state index in [0.717, 1.165) is 25.7 Å². The Kier molecular flexibility index (Phi) is 4.22. The number of aliphatic imine (C=N–C) groups is 1. The molecular weight excluding hydrogens is 285 g/mol. The first-order valence-electron chi connectivity index (χ1n) is 7.53. The summed E-state index contributed by atoms with van der Waals surface area (Å²) in [7, 11) is 1.50. The average Bonchev–Trinajstić information content (AvgIpc) is 2.90. The van der Waals surface area contributed by atoms with Gasteiger partial charge < -0.3 is 9.47 Å². The largest absolute Gasteiger partial charge is 0.496 e. The van der Waals surface area contributed by atoms with Crippen molar-refractivity contribution in [3.8, 4) is 5.75 Å². The first-order valence-corrected chi connectivity index (χ1v) is 7.53. The lowest BCUT2D eigenvalue weighted by atomic mass is 9.89. The van der Waals surface area contributed by atoms with Crippen molar-refractivity contribution in [3.63, 3.8) is 0 Å². The lowest BCUT2D eigenvalue weighted by Crippen LogP contribution is -2.19. The number of benzene rings is 1. The molecule has 2 aliphatic rings. The molecular formula is C17H18FNO3. The number of halogens is 1. The second-order valence-corrected chi connectivity index (χ2v) is 5.59. The van der Waals surface area contributed by atoms with E-state index in [1.54, 1.807) is 0 Å². The summed E-state index contributed by atoms with van der Waals surface area (Å²) in [4.78, 5) is 16.3.